The molecule has 0 aromatic heterocycles. The Morgan fingerprint density at radius 2 is 1.70 bits per heavy atom. The minimum atomic E-state index is -2.84. The van der Waals surface area contributed by atoms with Gasteiger partial charge in [-0.05, 0) is 37.1 Å². The summed E-state index contributed by atoms with van der Waals surface area (Å²) < 4.78 is 28.5. The van der Waals surface area contributed by atoms with E-state index in [4.69, 9.17) is 0 Å². The van der Waals surface area contributed by atoms with Crippen LogP contribution in [-0.2, 0) is 16.8 Å². The largest absolute Gasteiger partial charge is 0.435 e. The van der Waals surface area contributed by atoms with Crippen LogP contribution in [0.4, 0.5) is 8.78 Å². The van der Waals surface area contributed by atoms with Crippen LogP contribution in [0.1, 0.15) is 25.0 Å². The lowest BCUT2D eigenvalue weighted by Gasteiger charge is -2.24. The van der Waals surface area contributed by atoms with Gasteiger partial charge in [-0.2, -0.15) is 8.78 Å². The van der Waals surface area contributed by atoms with Crippen molar-refractivity contribution >= 4 is 5.91 Å². The first kappa shape index (κ1) is 16.9. The first-order chi connectivity index (χ1) is 10.9. The van der Waals surface area contributed by atoms with Crippen molar-refractivity contribution in [1.29, 1.82) is 0 Å². The summed E-state index contributed by atoms with van der Waals surface area (Å²) >= 11 is 0. The standard InChI is InChI=1S/C18H19F2NO2/c1-18(2,14-6-4-3-5-7-14)16(22)21-12-13-8-10-15(11-9-13)23-17(19)20/h3-11,17H,12H2,1-2H3,(H,21,22). The Labute approximate surface area is 134 Å². The van der Waals surface area contributed by atoms with Crippen LogP contribution in [0.25, 0.3) is 0 Å². The van der Waals surface area contributed by atoms with Crippen LogP contribution in [0.2, 0.25) is 0 Å². The van der Waals surface area contributed by atoms with Crippen molar-refractivity contribution in [1.82, 2.24) is 5.32 Å². The molecule has 0 fully saturated rings. The number of carbonyl (C=O) groups is 1. The number of benzene rings is 2. The summed E-state index contributed by atoms with van der Waals surface area (Å²) in [5, 5.41) is 2.87. The van der Waals surface area contributed by atoms with Crippen LogP contribution in [0.3, 0.4) is 0 Å². The number of amides is 1. The normalized spacial score (nSPS) is 11.3. The molecular formula is C18H19F2NO2. The molecule has 0 bridgehead atoms. The first-order valence-electron chi connectivity index (χ1n) is 7.27. The summed E-state index contributed by atoms with van der Waals surface area (Å²) in [6, 6.07) is 15.7. The highest BCUT2D eigenvalue weighted by Crippen LogP contribution is 2.23. The van der Waals surface area contributed by atoms with Gasteiger partial charge in [0.15, 0.2) is 0 Å². The Morgan fingerprint density at radius 1 is 1.09 bits per heavy atom. The lowest BCUT2D eigenvalue weighted by molar-refractivity contribution is -0.125. The van der Waals surface area contributed by atoms with Crippen LogP contribution >= 0.6 is 0 Å². The average molecular weight is 319 g/mol. The third kappa shape index (κ3) is 4.52. The van der Waals surface area contributed by atoms with E-state index in [1.165, 1.54) is 12.1 Å². The monoisotopic (exact) mass is 319 g/mol. The van der Waals surface area contributed by atoms with Crippen molar-refractivity contribution in [3.8, 4) is 5.75 Å². The fourth-order valence-corrected chi connectivity index (χ4v) is 2.18. The zero-order valence-corrected chi connectivity index (χ0v) is 13.1. The molecule has 5 heteroatoms. The van der Waals surface area contributed by atoms with E-state index in [9.17, 15) is 13.6 Å². The van der Waals surface area contributed by atoms with Crippen molar-refractivity contribution in [2.75, 3.05) is 0 Å². The molecule has 1 amide bonds. The van der Waals surface area contributed by atoms with Gasteiger partial charge in [0, 0.05) is 6.54 Å². The molecule has 0 heterocycles. The Balaban J connectivity index is 1.96. The number of alkyl halides is 2. The predicted molar refractivity (Wildman–Crippen MR) is 84.4 cm³/mol. The Hall–Kier alpha value is -2.43. The SMILES string of the molecule is CC(C)(C(=O)NCc1ccc(OC(F)F)cc1)c1ccccc1. The number of rotatable bonds is 6. The van der Waals surface area contributed by atoms with Gasteiger partial charge in [-0.3, -0.25) is 4.79 Å². The number of hydrogen-bond acceptors (Lipinski definition) is 2. The average Bonchev–Trinajstić information content (AvgIpc) is 2.54. The summed E-state index contributed by atoms with van der Waals surface area (Å²) in [5.74, 6) is -0.00343. The van der Waals surface area contributed by atoms with Crippen LogP contribution < -0.4 is 10.1 Å². The van der Waals surface area contributed by atoms with Crippen molar-refractivity contribution in [2.45, 2.75) is 32.4 Å². The number of carbonyl (C=O) groups excluding carboxylic acids is 1. The molecule has 2 aromatic carbocycles. The molecule has 0 aliphatic heterocycles. The van der Waals surface area contributed by atoms with Gasteiger partial charge in [0.25, 0.3) is 0 Å². The quantitative estimate of drug-likeness (QED) is 0.877. The minimum Gasteiger partial charge on any atom is -0.435 e. The van der Waals surface area contributed by atoms with Gasteiger partial charge in [-0.25, -0.2) is 0 Å². The van der Waals surface area contributed by atoms with Crippen LogP contribution in [0, 0.1) is 0 Å². The first-order valence-corrected chi connectivity index (χ1v) is 7.27. The van der Waals surface area contributed by atoms with Crippen LogP contribution in [-0.4, -0.2) is 12.5 Å². The number of ether oxygens (including phenoxy) is 1. The van der Waals surface area contributed by atoms with Gasteiger partial charge in [0.1, 0.15) is 5.75 Å². The molecule has 0 atom stereocenters. The summed E-state index contributed by atoms with van der Waals surface area (Å²) in [6.45, 7) is 1.20. The summed E-state index contributed by atoms with van der Waals surface area (Å²) in [4.78, 5) is 12.4. The summed E-state index contributed by atoms with van der Waals surface area (Å²) in [6.07, 6.45) is 0. The van der Waals surface area contributed by atoms with Crippen molar-refractivity contribution in [3.05, 3.63) is 65.7 Å². The van der Waals surface area contributed by atoms with Gasteiger partial charge in [0.2, 0.25) is 5.91 Å². The van der Waals surface area contributed by atoms with E-state index in [2.05, 4.69) is 10.1 Å². The fourth-order valence-electron chi connectivity index (χ4n) is 2.18. The van der Waals surface area contributed by atoms with E-state index in [-0.39, 0.29) is 11.7 Å². The molecular weight excluding hydrogens is 300 g/mol. The lowest BCUT2D eigenvalue weighted by atomic mass is 9.84. The second-order valence-electron chi connectivity index (χ2n) is 5.70. The van der Waals surface area contributed by atoms with Crippen molar-refractivity contribution < 1.29 is 18.3 Å². The molecule has 0 unspecified atom stereocenters. The maximum Gasteiger partial charge on any atom is 0.387 e. The smallest absolute Gasteiger partial charge is 0.387 e. The molecule has 1 N–H and O–H groups in total. The van der Waals surface area contributed by atoms with Crippen molar-refractivity contribution in [3.63, 3.8) is 0 Å². The summed E-state index contributed by atoms with van der Waals surface area (Å²) in [5.41, 5.74) is 1.09. The van der Waals surface area contributed by atoms with E-state index >= 15 is 0 Å². The van der Waals surface area contributed by atoms with E-state index in [0.29, 0.717) is 6.54 Å². The molecule has 3 nitrogen and oxygen atoms in total. The minimum absolute atomic E-state index is 0.0969. The number of halogens is 2. The lowest BCUT2D eigenvalue weighted by Crippen LogP contribution is -2.39. The van der Waals surface area contributed by atoms with E-state index in [1.807, 2.05) is 44.2 Å². The van der Waals surface area contributed by atoms with Gasteiger partial charge >= 0.3 is 6.61 Å². The van der Waals surface area contributed by atoms with Gasteiger partial charge in [0.05, 0.1) is 5.41 Å². The second-order valence-corrected chi connectivity index (χ2v) is 5.70. The Kier molecular flexibility index (Phi) is 5.32. The maximum atomic E-state index is 12.4. The molecule has 0 spiro atoms. The zero-order valence-electron chi connectivity index (χ0n) is 13.1. The topological polar surface area (TPSA) is 38.3 Å². The number of nitrogens with one attached hydrogen (secondary N) is 1. The van der Waals surface area contributed by atoms with Crippen LogP contribution in [0.15, 0.2) is 54.6 Å². The molecule has 0 aliphatic rings. The highest BCUT2D eigenvalue weighted by atomic mass is 19.3. The Bertz CT molecular complexity index is 640. The van der Waals surface area contributed by atoms with Crippen LogP contribution in [0.5, 0.6) is 5.75 Å². The molecule has 0 saturated heterocycles. The number of hydrogen-bond donors (Lipinski definition) is 1. The zero-order chi connectivity index (χ0) is 16.9. The molecule has 23 heavy (non-hydrogen) atoms. The van der Waals surface area contributed by atoms with E-state index < -0.39 is 12.0 Å². The third-order valence-corrected chi connectivity index (χ3v) is 3.66. The van der Waals surface area contributed by atoms with Crippen molar-refractivity contribution in [2.24, 2.45) is 0 Å². The van der Waals surface area contributed by atoms with Gasteiger partial charge in [-0.1, -0.05) is 42.5 Å². The molecule has 0 radical (unpaired) electrons. The van der Waals surface area contributed by atoms with Gasteiger partial charge < -0.3 is 10.1 Å². The van der Waals surface area contributed by atoms with E-state index in [0.717, 1.165) is 11.1 Å². The third-order valence-electron chi connectivity index (χ3n) is 3.66. The molecule has 122 valence electrons. The highest BCUT2D eigenvalue weighted by molar-refractivity contribution is 5.87. The molecule has 2 rings (SSSR count). The highest BCUT2D eigenvalue weighted by Gasteiger charge is 2.29. The fraction of sp³-hybridized carbons (Fsp3) is 0.278. The molecule has 0 aliphatic carbocycles. The maximum absolute atomic E-state index is 12.4. The molecule has 0 saturated carbocycles. The van der Waals surface area contributed by atoms with Gasteiger partial charge in [-0.15, -0.1) is 0 Å². The Morgan fingerprint density at radius 3 is 2.26 bits per heavy atom. The van der Waals surface area contributed by atoms with E-state index in [1.54, 1.807) is 12.1 Å². The second kappa shape index (κ2) is 7.22. The molecule has 2 aromatic rings. The summed E-state index contributed by atoms with van der Waals surface area (Å²) in [7, 11) is 0. The predicted octanol–water partition coefficient (Wildman–Crippen LogP) is 3.88.